The molecule has 0 aromatic heterocycles. The molecule has 0 N–H and O–H groups in total. The van der Waals surface area contributed by atoms with Crippen LogP contribution in [0, 0.1) is 5.41 Å². The first kappa shape index (κ1) is 12.7. The Labute approximate surface area is 95.6 Å². The number of ether oxygens (including phenoxy) is 2. The van der Waals surface area contributed by atoms with Gasteiger partial charge in [0.2, 0.25) is 0 Å². The van der Waals surface area contributed by atoms with Crippen molar-refractivity contribution in [3.63, 3.8) is 0 Å². The van der Waals surface area contributed by atoms with E-state index in [1.807, 2.05) is 0 Å². The van der Waals surface area contributed by atoms with E-state index in [9.17, 15) is 9.59 Å². The van der Waals surface area contributed by atoms with Gasteiger partial charge in [-0.15, -0.1) is 0 Å². The van der Waals surface area contributed by atoms with E-state index >= 15 is 0 Å². The molecule has 0 aromatic carbocycles. The van der Waals surface area contributed by atoms with Crippen LogP contribution in [0.5, 0.6) is 0 Å². The molecular formula is C12H18O4. The lowest BCUT2D eigenvalue weighted by Crippen LogP contribution is -2.41. The van der Waals surface area contributed by atoms with Gasteiger partial charge in [0.15, 0.2) is 5.41 Å². The van der Waals surface area contributed by atoms with Gasteiger partial charge in [0.25, 0.3) is 0 Å². The maximum atomic E-state index is 11.9. The van der Waals surface area contributed by atoms with Gasteiger partial charge in [-0.25, -0.2) is 0 Å². The fourth-order valence-corrected chi connectivity index (χ4v) is 2.04. The maximum absolute atomic E-state index is 11.9. The van der Waals surface area contributed by atoms with Crippen LogP contribution < -0.4 is 0 Å². The van der Waals surface area contributed by atoms with Crippen LogP contribution in [0.1, 0.15) is 33.1 Å². The molecule has 4 heteroatoms. The van der Waals surface area contributed by atoms with Crippen LogP contribution in [-0.2, 0) is 19.1 Å². The molecule has 0 radical (unpaired) electrons. The van der Waals surface area contributed by atoms with E-state index in [4.69, 9.17) is 9.47 Å². The fourth-order valence-electron chi connectivity index (χ4n) is 2.04. The van der Waals surface area contributed by atoms with E-state index in [0.717, 1.165) is 6.42 Å². The van der Waals surface area contributed by atoms with Gasteiger partial charge < -0.3 is 9.47 Å². The van der Waals surface area contributed by atoms with Gasteiger partial charge in [-0.1, -0.05) is 6.58 Å². The molecule has 1 aliphatic carbocycles. The first-order valence-corrected chi connectivity index (χ1v) is 5.62. The van der Waals surface area contributed by atoms with E-state index in [0.29, 0.717) is 18.4 Å². The molecular weight excluding hydrogens is 208 g/mol. The lowest BCUT2D eigenvalue weighted by atomic mass is 9.83. The van der Waals surface area contributed by atoms with Crippen molar-refractivity contribution in [3.8, 4) is 0 Å². The number of hydrogen-bond donors (Lipinski definition) is 0. The summed E-state index contributed by atoms with van der Waals surface area (Å²) >= 11 is 0. The summed E-state index contributed by atoms with van der Waals surface area (Å²) in [5.74, 6) is -1.04. The lowest BCUT2D eigenvalue weighted by molar-refractivity contribution is -0.168. The Morgan fingerprint density at radius 3 is 2.06 bits per heavy atom. The number of esters is 2. The number of carbonyl (C=O) groups excluding carboxylic acids is 2. The highest BCUT2D eigenvalue weighted by atomic mass is 16.6. The highest BCUT2D eigenvalue weighted by Gasteiger charge is 2.53. The SMILES string of the molecule is C=C1CCCC1(C(=O)OCC)C(=O)OCC. The zero-order valence-corrected chi connectivity index (χ0v) is 9.88. The normalized spacial score (nSPS) is 18.2. The Bertz CT molecular complexity index is 288. The average Bonchev–Trinajstić information content (AvgIpc) is 2.62. The average molecular weight is 226 g/mol. The van der Waals surface area contributed by atoms with Crippen molar-refractivity contribution in [2.75, 3.05) is 13.2 Å². The smallest absolute Gasteiger partial charge is 0.327 e. The minimum Gasteiger partial charge on any atom is -0.465 e. The Morgan fingerprint density at radius 1 is 1.25 bits per heavy atom. The summed E-state index contributed by atoms with van der Waals surface area (Å²) < 4.78 is 9.93. The van der Waals surface area contributed by atoms with Gasteiger partial charge >= 0.3 is 11.9 Å². The topological polar surface area (TPSA) is 52.6 Å². The van der Waals surface area contributed by atoms with Crippen LogP contribution in [0.3, 0.4) is 0 Å². The standard InChI is InChI=1S/C12H18O4/c1-4-15-10(13)12(11(14)16-5-2)8-6-7-9(12)3/h3-8H2,1-2H3. The highest BCUT2D eigenvalue weighted by Crippen LogP contribution is 2.44. The monoisotopic (exact) mass is 226 g/mol. The minimum atomic E-state index is -1.24. The third kappa shape index (κ3) is 1.96. The van der Waals surface area contributed by atoms with E-state index in [1.54, 1.807) is 13.8 Å². The maximum Gasteiger partial charge on any atom is 0.327 e. The first-order valence-electron chi connectivity index (χ1n) is 5.62. The Kier molecular flexibility index (Phi) is 4.10. The zero-order chi connectivity index (χ0) is 12.2. The van der Waals surface area contributed by atoms with Crippen LogP contribution in [0.2, 0.25) is 0 Å². The summed E-state index contributed by atoms with van der Waals surface area (Å²) in [6, 6.07) is 0. The first-order chi connectivity index (χ1) is 7.59. The highest BCUT2D eigenvalue weighted by molar-refractivity contribution is 6.04. The molecule has 0 saturated heterocycles. The van der Waals surface area contributed by atoms with Gasteiger partial charge in [-0.3, -0.25) is 9.59 Å². The summed E-state index contributed by atoms with van der Waals surface area (Å²) in [4.78, 5) is 23.8. The van der Waals surface area contributed by atoms with Crippen molar-refractivity contribution in [3.05, 3.63) is 12.2 Å². The summed E-state index contributed by atoms with van der Waals surface area (Å²) in [5, 5.41) is 0. The number of hydrogen-bond acceptors (Lipinski definition) is 4. The van der Waals surface area contributed by atoms with Gasteiger partial charge in [0.1, 0.15) is 0 Å². The molecule has 0 atom stereocenters. The van der Waals surface area contributed by atoms with Gasteiger partial charge in [0, 0.05) is 0 Å². The zero-order valence-electron chi connectivity index (χ0n) is 9.88. The predicted molar refractivity (Wildman–Crippen MR) is 58.7 cm³/mol. The molecule has 0 heterocycles. The molecule has 0 spiro atoms. The van der Waals surface area contributed by atoms with Crippen molar-refractivity contribution >= 4 is 11.9 Å². The molecule has 16 heavy (non-hydrogen) atoms. The van der Waals surface area contributed by atoms with Crippen molar-refractivity contribution < 1.29 is 19.1 Å². The molecule has 0 unspecified atom stereocenters. The predicted octanol–water partition coefficient (Wildman–Crippen LogP) is 1.84. The quantitative estimate of drug-likeness (QED) is 0.417. The summed E-state index contributed by atoms with van der Waals surface area (Å²) in [6.07, 6.45) is 1.90. The Balaban J connectivity index is 2.97. The molecule has 1 rings (SSSR count). The Morgan fingerprint density at radius 2 is 1.75 bits per heavy atom. The molecule has 1 fully saturated rings. The molecule has 0 bridgehead atoms. The van der Waals surface area contributed by atoms with Crippen LogP contribution in [0.4, 0.5) is 0 Å². The van der Waals surface area contributed by atoms with Crippen LogP contribution in [-0.4, -0.2) is 25.2 Å². The van der Waals surface area contributed by atoms with Crippen molar-refractivity contribution in [1.29, 1.82) is 0 Å². The number of carbonyl (C=O) groups is 2. The molecule has 1 saturated carbocycles. The lowest BCUT2D eigenvalue weighted by Gasteiger charge is -2.25. The van der Waals surface area contributed by atoms with Crippen LogP contribution >= 0.6 is 0 Å². The molecule has 0 aromatic rings. The minimum absolute atomic E-state index is 0.257. The van der Waals surface area contributed by atoms with E-state index < -0.39 is 17.4 Å². The van der Waals surface area contributed by atoms with E-state index in [-0.39, 0.29) is 13.2 Å². The van der Waals surface area contributed by atoms with E-state index in [1.165, 1.54) is 0 Å². The van der Waals surface area contributed by atoms with Crippen molar-refractivity contribution in [2.45, 2.75) is 33.1 Å². The van der Waals surface area contributed by atoms with Crippen LogP contribution in [0.15, 0.2) is 12.2 Å². The summed E-state index contributed by atoms with van der Waals surface area (Å²) in [6.45, 7) is 7.76. The second kappa shape index (κ2) is 5.14. The third-order valence-corrected chi connectivity index (χ3v) is 2.88. The van der Waals surface area contributed by atoms with Gasteiger partial charge in [-0.05, 0) is 38.7 Å². The molecule has 1 aliphatic rings. The van der Waals surface area contributed by atoms with E-state index in [2.05, 4.69) is 6.58 Å². The fraction of sp³-hybridized carbons (Fsp3) is 0.667. The summed E-state index contributed by atoms with van der Waals surface area (Å²) in [5.41, 5.74) is -0.629. The number of rotatable bonds is 4. The molecule has 0 amide bonds. The summed E-state index contributed by atoms with van der Waals surface area (Å²) in [7, 11) is 0. The molecule has 90 valence electrons. The molecule has 0 aliphatic heterocycles. The second-order valence-corrected chi connectivity index (χ2v) is 3.80. The van der Waals surface area contributed by atoms with Gasteiger partial charge in [0.05, 0.1) is 13.2 Å². The van der Waals surface area contributed by atoms with Crippen molar-refractivity contribution in [1.82, 2.24) is 0 Å². The van der Waals surface area contributed by atoms with Crippen molar-refractivity contribution in [2.24, 2.45) is 5.41 Å². The van der Waals surface area contributed by atoms with Gasteiger partial charge in [-0.2, -0.15) is 0 Å². The third-order valence-electron chi connectivity index (χ3n) is 2.88. The molecule has 4 nitrogen and oxygen atoms in total. The Hall–Kier alpha value is -1.32. The second-order valence-electron chi connectivity index (χ2n) is 3.80. The largest absolute Gasteiger partial charge is 0.465 e. The van der Waals surface area contributed by atoms with Crippen LogP contribution in [0.25, 0.3) is 0 Å².